The van der Waals surface area contributed by atoms with E-state index in [-0.39, 0.29) is 19.0 Å². The molecule has 6 nitrogen and oxygen atoms in total. The molecule has 1 saturated heterocycles. The fourth-order valence-electron chi connectivity index (χ4n) is 3.04. The third-order valence-corrected chi connectivity index (χ3v) is 4.73. The number of aromatic nitrogens is 3. The molecule has 0 amide bonds. The molecule has 9 heteroatoms. The summed E-state index contributed by atoms with van der Waals surface area (Å²) in [5.41, 5.74) is 8.72. The van der Waals surface area contributed by atoms with Crippen LogP contribution in [0.4, 0.5) is 10.1 Å². The molecule has 26 heavy (non-hydrogen) atoms. The fourth-order valence-corrected chi connectivity index (χ4v) is 3.28. The van der Waals surface area contributed by atoms with Gasteiger partial charge in [-0.25, -0.2) is 13.9 Å². The molecule has 1 aliphatic heterocycles. The molecule has 2 aromatic heterocycles. The number of hydrogen-bond donors (Lipinski definition) is 1. The molecule has 0 aliphatic carbocycles. The maximum Gasteiger partial charge on any atom is 0.137 e. The zero-order valence-corrected chi connectivity index (χ0v) is 15.4. The summed E-state index contributed by atoms with van der Waals surface area (Å²) in [6, 6.07) is 4.90. The number of nitrogens with zero attached hydrogens (tertiary/aromatic N) is 4. The van der Waals surface area contributed by atoms with Crippen LogP contribution >= 0.6 is 24.0 Å². The minimum absolute atomic E-state index is 0. The second-order valence-electron chi connectivity index (χ2n) is 5.86. The van der Waals surface area contributed by atoms with E-state index in [0.717, 1.165) is 24.3 Å². The molecule has 4 rings (SSSR count). The summed E-state index contributed by atoms with van der Waals surface area (Å²) in [7, 11) is 0. The predicted molar refractivity (Wildman–Crippen MR) is 102 cm³/mol. The van der Waals surface area contributed by atoms with E-state index in [1.165, 1.54) is 12.4 Å². The Kier molecular flexibility index (Phi) is 5.62. The molecule has 3 heterocycles. The molecule has 1 aromatic carbocycles. The highest BCUT2D eigenvalue weighted by atomic mass is 35.5. The molecule has 138 valence electrons. The summed E-state index contributed by atoms with van der Waals surface area (Å²) in [6.45, 7) is 3.18. The van der Waals surface area contributed by atoms with E-state index in [4.69, 9.17) is 22.1 Å². The van der Waals surface area contributed by atoms with Crippen molar-refractivity contribution in [3.8, 4) is 11.3 Å². The van der Waals surface area contributed by atoms with Crippen LogP contribution in [0.15, 0.2) is 30.7 Å². The molecule has 2 N–H and O–H groups in total. The van der Waals surface area contributed by atoms with Crippen molar-refractivity contribution in [2.45, 2.75) is 6.54 Å². The summed E-state index contributed by atoms with van der Waals surface area (Å²) in [5, 5.41) is 4.67. The van der Waals surface area contributed by atoms with E-state index in [2.05, 4.69) is 15.0 Å². The van der Waals surface area contributed by atoms with Gasteiger partial charge in [-0.15, -0.1) is 12.4 Å². The molecule has 0 radical (unpaired) electrons. The molecule has 0 bridgehead atoms. The molecule has 1 fully saturated rings. The first-order chi connectivity index (χ1) is 12.2. The molecular formula is C17H18Cl2FN5O. The van der Waals surface area contributed by atoms with Crippen LogP contribution in [0.2, 0.25) is 5.02 Å². The molecular weight excluding hydrogens is 380 g/mol. The Morgan fingerprint density at radius 1 is 1.23 bits per heavy atom. The van der Waals surface area contributed by atoms with Crippen molar-refractivity contribution in [3.63, 3.8) is 0 Å². The van der Waals surface area contributed by atoms with Gasteiger partial charge in [-0.1, -0.05) is 11.6 Å². The molecule has 0 atom stereocenters. The van der Waals surface area contributed by atoms with Gasteiger partial charge in [0.1, 0.15) is 17.8 Å². The lowest BCUT2D eigenvalue weighted by Gasteiger charge is -2.27. The maximum absolute atomic E-state index is 14.6. The number of morpholine rings is 1. The third-order valence-electron chi connectivity index (χ3n) is 4.38. The van der Waals surface area contributed by atoms with E-state index in [0.29, 0.717) is 35.1 Å². The van der Waals surface area contributed by atoms with Crippen LogP contribution in [0.25, 0.3) is 16.8 Å². The Balaban J connectivity index is 0.00000196. The highest BCUT2D eigenvalue weighted by Crippen LogP contribution is 2.32. The molecule has 0 unspecified atom stereocenters. The van der Waals surface area contributed by atoms with Gasteiger partial charge in [0.05, 0.1) is 30.6 Å². The van der Waals surface area contributed by atoms with Gasteiger partial charge in [0.2, 0.25) is 0 Å². The Labute approximate surface area is 161 Å². The van der Waals surface area contributed by atoms with Crippen LogP contribution in [0.3, 0.4) is 0 Å². The van der Waals surface area contributed by atoms with Crippen molar-refractivity contribution in [1.29, 1.82) is 0 Å². The highest BCUT2D eigenvalue weighted by molar-refractivity contribution is 6.31. The third kappa shape index (κ3) is 3.35. The fraction of sp³-hybridized carbons (Fsp3) is 0.294. The molecule has 1 aliphatic rings. The largest absolute Gasteiger partial charge is 0.378 e. The Morgan fingerprint density at radius 2 is 2.00 bits per heavy atom. The predicted octanol–water partition coefficient (Wildman–Crippen LogP) is 2.91. The highest BCUT2D eigenvalue weighted by Gasteiger charge is 2.18. The van der Waals surface area contributed by atoms with Crippen LogP contribution in [0, 0.1) is 5.82 Å². The quantitative estimate of drug-likeness (QED) is 0.735. The number of ether oxygens (including phenoxy) is 1. The van der Waals surface area contributed by atoms with E-state index >= 15 is 0 Å². The zero-order valence-electron chi connectivity index (χ0n) is 13.9. The van der Waals surface area contributed by atoms with Crippen LogP contribution in [0.5, 0.6) is 0 Å². The van der Waals surface area contributed by atoms with Crippen molar-refractivity contribution in [1.82, 2.24) is 14.6 Å². The van der Waals surface area contributed by atoms with Gasteiger partial charge in [-0.3, -0.25) is 0 Å². The number of benzene rings is 1. The van der Waals surface area contributed by atoms with Crippen molar-refractivity contribution in [3.05, 3.63) is 47.1 Å². The lowest BCUT2D eigenvalue weighted by atomic mass is 10.1. The van der Waals surface area contributed by atoms with Gasteiger partial charge in [-0.05, 0) is 23.8 Å². The Morgan fingerprint density at radius 3 is 2.73 bits per heavy atom. The first kappa shape index (κ1) is 18.8. The number of nitrogens with two attached hydrogens (primary N) is 1. The van der Waals surface area contributed by atoms with Gasteiger partial charge in [0.25, 0.3) is 0 Å². The SMILES string of the molecule is Cl.NCc1cc(F)c(-c2ncnn3cc(N4CCOCC4)cc23)cc1Cl. The summed E-state index contributed by atoms with van der Waals surface area (Å²) in [6.07, 6.45) is 3.33. The smallest absolute Gasteiger partial charge is 0.137 e. The number of anilines is 1. The number of fused-ring (bicyclic) bond motifs is 1. The standard InChI is InChI=1S/C17H17ClFN5O.ClH/c18-14-7-13(15(19)5-11(14)8-20)17-16-6-12(9-24(16)22-10-21-17)23-1-3-25-4-2-23;/h5-7,9-10H,1-4,8,20H2;1H. The summed E-state index contributed by atoms with van der Waals surface area (Å²) < 4.78 is 21.7. The van der Waals surface area contributed by atoms with Gasteiger partial charge in [0.15, 0.2) is 0 Å². The normalized spacial score (nSPS) is 14.5. The molecule has 0 spiro atoms. The minimum Gasteiger partial charge on any atom is -0.378 e. The first-order valence-corrected chi connectivity index (χ1v) is 8.39. The average Bonchev–Trinajstić information content (AvgIpc) is 3.08. The van der Waals surface area contributed by atoms with Crippen molar-refractivity contribution < 1.29 is 9.13 Å². The monoisotopic (exact) mass is 397 g/mol. The lowest BCUT2D eigenvalue weighted by molar-refractivity contribution is 0.122. The maximum atomic E-state index is 14.6. The number of hydrogen-bond acceptors (Lipinski definition) is 5. The summed E-state index contributed by atoms with van der Waals surface area (Å²) in [5.74, 6) is -0.403. The molecule has 0 saturated carbocycles. The van der Waals surface area contributed by atoms with Crippen LogP contribution in [-0.4, -0.2) is 40.9 Å². The minimum atomic E-state index is -0.403. The average molecular weight is 398 g/mol. The van der Waals surface area contributed by atoms with Crippen LogP contribution in [0.1, 0.15) is 5.56 Å². The van der Waals surface area contributed by atoms with Crippen molar-refractivity contribution in [2.75, 3.05) is 31.2 Å². The van der Waals surface area contributed by atoms with Crippen LogP contribution in [-0.2, 0) is 11.3 Å². The van der Waals surface area contributed by atoms with E-state index in [1.807, 2.05) is 12.3 Å². The van der Waals surface area contributed by atoms with E-state index < -0.39 is 5.82 Å². The topological polar surface area (TPSA) is 68.7 Å². The van der Waals surface area contributed by atoms with Gasteiger partial charge in [0, 0.05) is 30.2 Å². The summed E-state index contributed by atoms with van der Waals surface area (Å²) in [4.78, 5) is 6.50. The zero-order chi connectivity index (χ0) is 17.4. The summed E-state index contributed by atoms with van der Waals surface area (Å²) >= 11 is 6.21. The van der Waals surface area contributed by atoms with E-state index in [1.54, 1.807) is 10.6 Å². The van der Waals surface area contributed by atoms with Gasteiger partial charge in [-0.2, -0.15) is 5.10 Å². The molecule has 3 aromatic rings. The number of rotatable bonds is 3. The van der Waals surface area contributed by atoms with Crippen LogP contribution < -0.4 is 10.6 Å². The van der Waals surface area contributed by atoms with Gasteiger partial charge < -0.3 is 15.4 Å². The van der Waals surface area contributed by atoms with Gasteiger partial charge >= 0.3 is 0 Å². The lowest BCUT2D eigenvalue weighted by Crippen LogP contribution is -2.35. The first-order valence-electron chi connectivity index (χ1n) is 8.02. The Hall–Kier alpha value is -1.93. The Bertz CT molecular complexity index is 927. The van der Waals surface area contributed by atoms with Crippen molar-refractivity contribution >= 4 is 35.2 Å². The van der Waals surface area contributed by atoms with E-state index in [9.17, 15) is 4.39 Å². The van der Waals surface area contributed by atoms with Crippen molar-refractivity contribution in [2.24, 2.45) is 5.73 Å². The second-order valence-corrected chi connectivity index (χ2v) is 6.27. The second kappa shape index (κ2) is 7.75. The number of halogens is 3.